The Morgan fingerprint density at radius 2 is 1.93 bits per heavy atom. The van der Waals surface area contributed by atoms with E-state index in [4.69, 9.17) is 9.47 Å². The van der Waals surface area contributed by atoms with E-state index in [-0.39, 0.29) is 12.1 Å². The van der Waals surface area contributed by atoms with Gasteiger partial charge in [-0.05, 0) is 62.3 Å². The Morgan fingerprint density at radius 1 is 1.15 bits per heavy atom. The fourth-order valence-corrected chi connectivity index (χ4v) is 5.31. The number of hydrogen-bond donors (Lipinski definition) is 2. The van der Waals surface area contributed by atoms with E-state index in [0.29, 0.717) is 24.9 Å². The highest BCUT2D eigenvalue weighted by molar-refractivity contribution is 7.16. The lowest BCUT2D eigenvalue weighted by Gasteiger charge is -2.27. The van der Waals surface area contributed by atoms with Crippen molar-refractivity contribution >= 4 is 22.2 Å². The van der Waals surface area contributed by atoms with Gasteiger partial charge >= 0.3 is 0 Å². The molecule has 4 rings (SSSR count). The molecule has 2 aromatic rings. The molecule has 1 aliphatic heterocycles. The molecule has 0 saturated carbocycles. The lowest BCUT2D eigenvalue weighted by atomic mass is 9.88. The number of benzene rings is 1. The molecule has 1 aliphatic carbocycles. The maximum atomic E-state index is 12.9. The van der Waals surface area contributed by atoms with E-state index < -0.39 is 0 Å². The summed E-state index contributed by atoms with van der Waals surface area (Å²) in [7, 11) is 0. The molecule has 1 amide bonds. The van der Waals surface area contributed by atoms with E-state index in [1.807, 2.05) is 32.0 Å². The molecule has 2 heterocycles. The molecule has 2 N–H and O–H groups in total. The average molecular weight is 387 g/mol. The number of carbonyl (C=O) groups excluding carboxylic acids is 1. The van der Waals surface area contributed by atoms with Crippen LogP contribution >= 0.6 is 11.3 Å². The van der Waals surface area contributed by atoms with Gasteiger partial charge in [0.1, 0.15) is 11.2 Å². The third-order valence-corrected chi connectivity index (χ3v) is 6.38. The first-order valence-electron chi connectivity index (χ1n) is 9.72. The van der Waals surface area contributed by atoms with E-state index in [1.165, 1.54) is 10.4 Å². The zero-order chi connectivity index (χ0) is 19.0. The molecule has 0 bridgehead atoms. The van der Waals surface area contributed by atoms with E-state index >= 15 is 0 Å². The van der Waals surface area contributed by atoms with Crippen LogP contribution in [-0.2, 0) is 12.8 Å². The van der Waals surface area contributed by atoms with Gasteiger partial charge < -0.3 is 20.1 Å². The Bertz CT molecular complexity index is 861. The first kappa shape index (κ1) is 18.2. The lowest BCUT2D eigenvalue weighted by Crippen LogP contribution is -2.38. The van der Waals surface area contributed by atoms with Crippen LogP contribution in [0.5, 0.6) is 11.5 Å². The van der Waals surface area contributed by atoms with E-state index in [1.54, 1.807) is 11.3 Å². The molecule has 0 saturated heterocycles. The predicted octanol–water partition coefficient (Wildman–Crippen LogP) is 4.52. The quantitative estimate of drug-likeness (QED) is 0.793. The average Bonchev–Trinajstić information content (AvgIpc) is 3.01. The van der Waals surface area contributed by atoms with Crippen LogP contribution in [0.2, 0.25) is 0 Å². The van der Waals surface area contributed by atoms with Crippen LogP contribution < -0.4 is 20.1 Å². The van der Waals surface area contributed by atoms with E-state index in [9.17, 15) is 4.79 Å². The number of carbonyl (C=O) groups is 1. The molecule has 1 aromatic carbocycles. The number of amides is 1. The molecular weight excluding hydrogens is 360 g/mol. The lowest BCUT2D eigenvalue weighted by molar-refractivity contribution is 0.0935. The highest BCUT2D eigenvalue weighted by atomic mass is 32.1. The van der Waals surface area contributed by atoms with Crippen molar-refractivity contribution in [1.29, 1.82) is 0 Å². The topological polar surface area (TPSA) is 59.6 Å². The second-order valence-electron chi connectivity index (χ2n) is 7.18. The van der Waals surface area contributed by atoms with Gasteiger partial charge in [0.05, 0.1) is 18.8 Å². The summed E-state index contributed by atoms with van der Waals surface area (Å²) in [4.78, 5) is 14.2. The van der Waals surface area contributed by atoms with Gasteiger partial charge in [0.15, 0.2) is 11.5 Å². The van der Waals surface area contributed by atoms with Crippen molar-refractivity contribution in [2.75, 3.05) is 18.5 Å². The third-order valence-electron chi connectivity index (χ3n) is 5.19. The number of hydrogen-bond acceptors (Lipinski definition) is 5. The number of anilines is 1. The highest BCUT2D eigenvalue weighted by Gasteiger charge is 2.33. The Kier molecular flexibility index (Phi) is 5.00. The van der Waals surface area contributed by atoms with Crippen molar-refractivity contribution in [2.45, 2.75) is 46.2 Å². The summed E-state index contributed by atoms with van der Waals surface area (Å²) >= 11 is 1.74. The maximum Gasteiger partial charge on any atom is 0.256 e. The van der Waals surface area contributed by atoms with Crippen molar-refractivity contribution in [1.82, 2.24) is 5.32 Å². The number of nitrogens with one attached hydrogen (secondary N) is 2. The van der Waals surface area contributed by atoms with Crippen LogP contribution in [0, 0.1) is 5.92 Å². The minimum absolute atomic E-state index is 0.0210. The number of thiophene rings is 1. The molecule has 0 spiro atoms. The van der Waals surface area contributed by atoms with Crippen LogP contribution in [0.25, 0.3) is 0 Å². The van der Waals surface area contributed by atoms with Crippen LogP contribution in [0.4, 0.5) is 5.00 Å². The molecule has 5 nitrogen and oxygen atoms in total. The SMILES string of the molecule is CCOc1ccc([C@H]2NC(=O)c3c(sc4c3CC[C@@H](C)C4)N2)cc1OCC. The first-order chi connectivity index (χ1) is 13.1. The second kappa shape index (κ2) is 7.43. The number of ether oxygens (including phenoxy) is 2. The van der Waals surface area contributed by atoms with Crippen LogP contribution in [0.1, 0.15) is 59.7 Å². The summed E-state index contributed by atoms with van der Waals surface area (Å²) in [5, 5.41) is 7.64. The first-order valence-corrected chi connectivity index (χ1v) is 10.5. The smallest absolute Gasteiger partial charge is 0.256 e. The van der Waals surface area contributed by atoms with Gasteiger partial charge in [-0.25, -0.2) is 0 Å². The van der Waals surface area contributed by atoms with Gasteiger partial charge in [0.25, 0.3) is 5.91 Å². The maximum absolute atomic E-state index is 12.9. The summed E-state index contributed by atoms with van der Waals surface area (Å²) in [5.74, 6) is 2.15. The van der Waals surface area contributed by atoms with Crippen molar-refractivity contribution in [3.63, 3.8) is 0 Å². The molecule has 0 unspecified atom stereocenters. The molecule has 144 valence electrons. The molecule has 27 heavy (non-hydrogen) atoms. The number of rotatable bonds is 5. The summed E-state index contributed by atoms with van der Waals surface area (Å²) in [5.41, 5.74) is 3.06. The molecular formula is C21H26N2O3S. The Labute approximate surface area is 164 Å². The summed E-state index contributed by atoms with van der Waals surface area (Å²) in [6.45, 7) is 7.33. The Morgan fingerprint density at radius 3 is 2.70 bits per heavy atom. The monoisotopic (exact) mass is 386 g/mol. The van der Waals surface area contributed by atoms with Crippen molar-refractivity contribution in [3.8, 4) is 11.5 Å². The van der Waals surface area contributed by atoms with Gasteiger partial charge in [0.2, 0.25) is 0 Å². The fourth-order valence-electron chi connectivity index (χ4n) is 3.88. The van der Waals surface area contributed by atoms with Crippen LogP contribution in [0.15, 0.2) is 18.2 Å². The van der Waals surface area contributed by atoms with E-state index in [0.717, 1.165) is 41.1 Å². The Balaban J connectivity index is 1.64. The van der Waals surface area contributed by atoms with Gasteiger partial charge in [-0.2, -0.15) is 0 Å². The predicted molar refractivity (Wildman–Crippen MR) is 108 cm³/mol. The van der Waals surface area contributed by atoms with Gasteiger partial charge in [0, 0.05) is 4.88 Å². The largest absolute Gasteiger partial charge is 0.490 e. The second-order valence-corrected chi connectivity index (χ2v) is 8.28. The Hall–Kier alpha value is -2.21. The fraction of sp³-hybridized carbons (Fsp3) is 0.476. The zero-order valence-corrected chi connectivity index (χ0v) is 16.9. The van der Waals surface area contributed by atoms with Crippen molar-refractivity contribution in [2.24, 2.45) is 5.92 Å². The van der Waals surface area contributed by atoms with Crippen LogP contribution in [0.3, 0.4) is 0 Å². The van der Waals surface area contributed by atoms with E-state index in [2.05, 4.69) is 17.6 Å². The minimum atomic E-state index is -0.266. The number of fused-ring (bicyclic) bond motifs is 3. The normalized spacial score (nSPS) is 20.9. The molecule has 2 aliphatic rings. The molecule has 0 radical (unpaired) electrons. The van der Waals surface area contributed by atoms with Crippen LogP contribution in [-0.4, -0.2) is 19.1 Å². The van der Waals surface area contributed by atoms with Gasteiger partial charge in [-0.15, -0.1) is 11.3 Å². The molecule has 2 atom stereocenters. The molecule has 1 aromatic heterocycles. The van der Waals surface area contributed by atoms with Gasteiger partial charge in [-0.1, -0.05) is 13.0 Å². The summed E-state index contributed by atoms with van der Waals surface area (Å²) in [6.07, 6.45) is 2.96. The molecule has 6 heteroatoms. The highest BCUT2D eigenvalue weighted by Crippen LogP contribution is 2.43. The van der Waals surface area contributed by atoms with Crippen molar-refractivity contribution < 1.29 is 14.3 Å². The standard InChI is InChI=1S/C21H26N2O3S/c1-4-25-15-9-7-13(11-16(15)26-5-2)19-22-20(24)18-14-8-6-12(3)10-17(14)27-21(18)23-19/h7,9,11-12,19,23H,4-6,8,10H2,1-3H3,(H,22,24)/t12-,19+/m1/s1. The third kappa shape index (κ3) is 3.38. The minimum Gasteiger partial charge on any atom is -0.490 e. The zero-order valence-electron chi connectivity index (χ0n) is 16.1. The van der Waals surface area contributed by atoms with Crippen molar-refractivity contribution in [3.05, 3.63) is 39.8 Å². The van der Waals surface area contributed by atoms with Gasteiger partial charge in [-0.3, -0.25) is 4.79 Å². The summed E-state index contributed by atoms with van der Waals surface area (Å²) < 4.78 is 11.4. The molecule has 0 fully saturated rings. The summed E-state index contributed by atoms with van der Waals surface area (Å²) in [6, 6.07) is 5.84.